The van der Waals surface area contributed by atoms with Crippen LogP contribution in [0.4, 0.5) is 14.9 Å². The number of urea groups is 1. The molecule has 1 heterocycles. The van der Waals surface area contributed by atoms with Crippen molar-refractivity contribution in [2.45, 2.75) is 19.4 Å². The summed E-state index contributed by atoms with van der Waals surface area (Å²) in [5, 5.41) is 5.56. The third kappa shape index (κ3) is 4.23. The fourth-order valence-corrected chi connectivity index (χ4v) is 2.50. The first kappa shape index (κ1) is 16.7. The lowest BCUT2D eigenvalue weighted by Crippen LogP contribution is -2.32. The van der Waals surface area contributed by atoms with Crippen LogP contribution in [0.15, 0.2) is 60.8 Å². The topological polar surface area (TPSA) is 69.8 Å². The highest BCUT2D eigenvalue weighted by Gasteiger charge is 2.16. The number of aromatic amines is 1. The number of hydrogen-bond acceptors (Lipinski definition) is 2. The number of benzene rings is 2. The number of amides is 2. The standard InChI is InChI=1S/C19H19FN4O/c1-2-16(24-19(25)22-15-10-8-14(20)9-11-15)18-21-12-17(23-18)13-6-4-3-5-7-13/h3-12,16H,2H2,1H3,(H,21,23)(H2,22,24,25)/t16-/m0/s1. The molecule has 0 fully saturated rings. The third-order valence-corrected chi connectivity index (χ3v) is 3.83. The minimum atomic E-state index is -0.365. The van der Waals surface area contributed by atoms with Gasteiger partial charge in [-0.05, 0) is 36.2 Å². The summed E-state index contributed by atoms with van der Waals surface area (Å²) in [4.78, 5) is 19.8. The van der Waals surface area contributed by atoms with E-state index in [1.807, 2.05) is 37.3 Å². The van der Waals surface area contributed by atoms with Crippen LogP contribution in [0.1, 0.15) is 25.2 Å². The number of H-pyrrole nitrogens is 1. The molecule has 1 atom stereocenters. The molecule has 3 aromatic rings. The molecule has 6 heteroatoms. The van der Waals surface area contributed by atoms with Gasteiger partial charge in [-0.3, -0.25) is 0 Å². The van der Waals surface area contributed by atoms with Crippen LogP contribution < -0.4 is 10.6 Å². The molecule has 0 saturated heterocycles. The summed E-state index contributed by atoms with van der Waals surface area (Å²) in [6.07, 6.45) is 2.44. The van der Waals surface area contributed by atoms with Crippen molar-refractivity contribution < 1.29 is 9.18 Å². The molecule has 2 amide bonds. The van der Waals surface area contributed by atoms with Crippen molar-refractivity contribution in [3.8, 4) is 11.3 Å². The van der Waals surface area contributed by atoms with Gasteiger partial charge >= 0.3 is 6.03 Å². The molecule has 0 aliphatic carbocycles. The molecule has 0 unspecified atom stereocenters. The highest BCUT2D eigenvalue weighted by Crippen LogP contribution is 2.20. The monoisotopic (exact) mass is 338 g/mol. The number of imidazole rings is 1. The maximum absolute atomic E-state index is 12.9. The van der Waals surface area contributed by atoms with Crippen molar-refractivity contribution in [1.29, 1.82) is 0 Å². The van der Waals surface area contributed by atoms with Gasteiger partial charge in [0, 0.05) is 5.69 Å². The van der Waals surface area contributed by atoms with Gasteiger partial charge in [0.1, 0.15) is 11.6 Å². The van der Waals surface area contributed by atoms with Crippen molar-refractivity contribution in [3.63, 3.8) is 0 Å². The first-order valence-electron chi connectivity index (χ1n) is 8.09. The summed E-state index contributed by atoms with van der Waals surface area (Å²) in [5.41, 5.74) is 2.46. The number of hydrogen-bond donors (Lipinski definition) is 3. The number of anilines is 1. The number of carbonyl (C=O) groups excluding carboxylic acids is 1. The zero-order chi connectivity index (χ0) is 17.6. The average molecular weight is 338 g/mol. The molecule has 2 aromatic carbocycles. The molecule has 3 rings (SSSR count). The Morgan fingerprint density at radius 1 is 1.16 bits per heavy atom. The van der Waals surface area contributed by atoms with E-state index in [0.717, 1.165) is 11.3 Å². The van der Waals surface area contributed by atoms with Gasteiger partial charge in [0.15, 0.2) is 0 Å². The Morgan fingerprint density at radius 3 is 2.56 bits per heavy atom. The molecule has 3 N–H and O–H groups in total. The van der Waals surface area contributed by atoms with E-state index in [4.69, 9.17) is 0 Å². The number of nitrogens with zero attached hydrogens (tertiary/aromatic N) is 1. The Kier molecular flexibility index (Phi) is 5.09. The van der Waals surface area contributed by atoms with Gasteiger partial charge in [0.25, 0.3) is 0 Å². The molecule has 25 heavy (non-hydrogen) atoms. The second-order valence-corrected chi connectivity index (χ2v) is 5.61. The summed E-state index contributed by atoms with van der Waals surface area (Å²) in [6, 6.07) is 14.9. The number of nitrogens with one attached hydrogen (secondary N) is 3. The van der Waals surface area contributed by atoms with E-state index in [0.29, 0.717) is 17.9 Å². The largest absolute Gasteiger partial charge is 0.340 e. The number of carbonyl (C=O) groups is 1. The molecule has 128 valence electrons. The summed E-state index contributed by atoms with van der Waals surface area (Å²) < 4.78 is 12.9. The van der Waals surface area contributed by atoms with Gasteiger partial charge in [-0.2, -0.15) is 0 Å². The van der Waals surface area contributed by atoms with Gasteiger partial charge in [0.2, 0.25) is 0 Å². The lowest BCUT2D eigenvalue weighted by atomic mass is 10.2. The SMILES string of the molecule is CC[C@H](NC(=O)Nc1ccc(F)cc1)c1ncc(-c2ccccc2)[nH]1. The molecule has 0 radical (unpaired) electrons. The van der Waals surface area contributed by atoms with E-state index in [-0.39, 0.29) is 17.9 Å². The highest BCUT2D eigenvalue weighted by molar-refractivity contribution is 5.89. The van der Waals surface area contributed by atoms with Crippen LogP contribution in [0.3, 0.4) is 0 Å². The molecule has 0 bridgehead atoms. The van der Waals surface area contributed by atoms with Crippen LogP contribution in [0, 0.1) is 5.82 Å². The van der Waals surface area contributed by atoms with E-state index in [2.05, 4.69) is 20.6 Å². The van der Waals surface area contributed by atoms with E-state index < -0.39 is 0 Å². The zero-order valence-corrected chi connectivity index (χ0v) is 13.8. The van der Waals surface area contributed by atoms with Crippen molar-refractivity contribution in [2.75, 3.05) is 5.32 Å². The van der Waals surface area contributed by atoms with Crippen molar-refractivity contribution in [1.82, 2.24) is 15.3 Å². The van der Waals surface area contributed by atoms with Crippen molar-refractivity contribution >= 4 is 11.7 Å². The lowest BCUT2D eigenvalue weighted by molar-refractivity contribution is 0.247. The summed E-state index contributed by atoms with van der Waals surface area (Å²) in [5.74, 6) is 0.344. The van der Waals surface area contributed by atoms with Gasteiger partial charge in [-0.25, -0.2) is 14.2 Å². The highest BCUT2D eigenvalue weighted by atomic mass is 19.1. The van der Waals surface area contributed by atoms with Crippen molar-refractivity contribution in [2.24, 2.45) is 0 Å². The maximum atomic E-state index is 12.9. The molecule has 0 spiro atoms. The van der Waals surface area contributed by atoms with Crippen LogP contribution in [0.25, 0.3) is 11.3 Å². The zero-order valence-electron chi connectivity index (χ0n) is 13.8. The van der Waals surface area contributed by atoms with Gasteiger partial charge in [-0.1, -0.05) is 37.3 Å². The Balaban J connectivity index is 1.67. The summed E-state index contributed by atoms with van der Waals surface area (Å²) in [6.45, 7) is 1.97. The van der Waals surface area contributed by atoms with Gasteiger partial charge < -0.3 is 15.6 Å². The average Bonchev–Trinajstić information content (AvgIpc) is 3.12. The van der Waals surface area contributed by atoms with Crippen LogP contribution in [-0.2, 0) is 0 Å². The predicted molar refractivity (Wildman–Crippen MR) is 95.6 cm³/mol. The third-order valence-electron chi connectivity index (χ3n) is 3.83. The number of aromatic nitrogens is 2. The second kappa shape index (κ2) is 7.61. The fraction of sp³-hybridized carbons (Fsp3) is 0.158. The van der Waals surface area contributed by atoms with E-state index in [1.54, 1.807) is 6.20 Å². The Morgan fingerprint density at radius 2 is 1.88 bits per heavy atom. The predicted octanol–water partition coefficient (Wildman–Crippen LogP) is 4.49. The van der Waals surface area contributed by atoms with Crippen LogP contribution >= 0.6 is 0 Å². The maximum Gasteiger partial charge on any atom is 0.319 e. The van der Waals surface area contributed by atoms with Gasteiger partial charge in [-0.15, -0.1) is 0 Å². The first-order valence-corrected chi connectivity index (χ1v) is 8.09. The molecule has 1 aromatic heterocycles. The molecule has 0 aliphatic rings. The number of rotatable bonds is 5. The van der Waals surface area contributed by atoms with Crippen molar-refractivity contribution in [3.05, 3.63) is 72.4 Å². The number of halogens is 1. The Bertz CT molecular complexity index is 830. The second-order valence-electron chi connectivity index (χ2n) is 5.61. The van der Waals surface area contributed by atoms with Crippen LogP contribution in [0.5, 0.6) is 0 Å². The lowest BCUT2D eigenvalue weighted by Gasteiger charge is -2.15. The quantitative estimate of drug-likeness (QED) is 0.641. The molecular formula is C19H19FN4O. The summed E-state index contributed by atoms with van der Waals surface area (Å²) in [7, 11) is 0. The fourth-order valence-electron chi connectivity index (χ4n) is 2.50. The van der Waals surface area contributed by atoms with Gasteiger partial charge in [0.05, 0.1) is 17.9 Å². The minimum Gasteiger partial charge on any atom is -0.340 e. The normalized spacial score (nSPS) is 11.8. The summed E-state index contributed by atoms with van der Waals surface area (Å²) >= 11 is 0. The minimum absolute atomic E-state index is 0.252. The van der Waals surface area contributed by atoms with E-state index >= 15 is 0 Å². The van der Waals surface area contributed by atoms with E-state index in [9.17, 15) is 9.18 Å². The Hall–Kier alpha value is -3.15. The van der Waals surface area contributed by atoms with E-state index in [1.165, 1.54) is 24.3 Å². The smallest absolute Gasteiger partial charge is 0.319 e. The van der Waals surface area contributed by atoms with Crippen LogP contribution in [0.2, 0.25) is 0 Å². The molecule has 5 nitrogen and oxygen atoms in total. The molecule has 0 saturated carbocycles. The first-order chi connectivity index (χ1) is 12.2. The Labute approximate surface area is 145 Å². The van der Waals surface area contributed by atoms with Crippen LogP contribution in [-0.4, -0.2) is 16.0 Å². The molecular weight excluding hydrogens is 319 g/mol. The molecule has 0 aliphatic heterocycles.